The molecule has 2 aromatic carbocycles. The Morgan fingerprint density at radius 3 is 1.41 bits per heavy atom. The summed E-state index contributed by atoms with van der Waals surface area (Å²) in [6.45, 7) is 0. The zero-order valence-corrected chi connectivity index (χ0v) is 24.9. The van der Waals surface area contributed by atoms with Crippen LogP contribution in [0.2, 0.25) is 7.25 Å². The Labute approximate surface area is 226 Å². The van der Waals surface area contributed by atoms with Crippen LogP contribution >= 0.6 is 0 Å². The van der Waals surface area contributed by atoms with E-state index in [-0.39, 0.29) is 24.8 Å². The molecule has 6 rings (SSSR count). The summed E-state index contributed by atoms with van der Waals surface area (Å²) >= 11 is -2.05. The number of halogens is 2. The fourth-order valence-corrected chi connectivity index (χ4v) is 33.4. The van der Waals surface area contributed by atoms with Gasteiger partial charge in [-0.25, -0.2) is 0 Å². The molecule has 2 atom stereocenters. The van der Waals surface area contributed by atoms with E-state index in [1.54, 1.807) is 21.5 Å². The molecule has 0 bridgehead atoms. The molecule has 0 amide bonds. The van der Waals surface area contributed by atoms with Crippen LogP contribution in [0.4, 0.5) is 0 Å². The number of hydrogen-bond donors (Lipinski definition) is 0. The third kappa shape index (κ3) is 4.99. The van der Waals surface area contributed by atoms with Gasteiger partial charge in [-0.2, -0.15) is 0 Å². The standard InChI is InChI=1S/C12H11Si.2C9H11.2ClH.Zr/c1-3-7-11(8-4-1)13-12-9-5-2-6-10-12;2*1-2-5-9-7-3-6-8(9)4-1;;;/h1-10,13H;2*3,6-7H,1-2,4-5H2;2*1H;/q;;;;;+2/p-2. The molecule has 34 heavy (non-hydrogen) atoms. The monoisotopic (exact) mass is 581 g/mol. The largest absolute Gasteiger partial charge is 1.00 e. The molecular weight excluding hydrogens is 551 g/mol. The third-order valence-electron chi connectivity index (χ3n) is 8.16. The summed E-state index contributed by atoms with van der Waals surface area (Å²) < 4.78 is 1.63. The van der Waals surface area contributed by atoms with Crippen molar-refractivity contribution in [2.45, 2.75) is 58.6 Å². The van der Waals surface area contributed by atoms with E-state index in [2.05, 4.69) is 85.0 Å². The van der Waals surface area contributed by atoms with E-state index in [0.717, 1.165) is 7.25 Å². The fraction of sp³-hybridized carbons (Fsp3) is 0.333. The molecule has 0 saturated heterocycles. The maximum atomic E-state index is 2.71. The molecule has 0 saturated carbocycles. The first-order valence-corrected chi connectivity index (χ1v) is 21.5. The van der Waals surface area contributed by atoms with E-state index in [1.807, 2.05) is 11.1 Å². The first-order valence-electron chi connectivity index (χ1n) is 12.7. The van der Waals surface area contributed by atoms with Crippen molar-refractivity contribution < 1.29 is 45.7 Å². The molecule has 0 aromatic heterocycles. The first-order chi connectivity index (χ1) is 15.9. The van der Waals surface area contributed by atoms with Crippen LogP contribution < -0.4 is 35.2 Å². The second-order valence-electron chi connectivity index (χ2n) is 9.94. The second-order valence-corrected chi connectivity index (χ2v) is 25.9. The molecule has 2 aromatic rings. The summed E-state index contributed by atoms with van der Waals surface area (Å²) in [7, 11) is 0. The van der Waals surface area contributed by atoms with Crippen LogP contribution in [0.25, 0.3) is 0 Å². The molecule has 4 aliphatic carbocycles. The average Bonchev–Trinajstić information content (AvgIpc) is 3.48. The molecule has 0 fully saturated rings. The summed E-state index contributed by atoms with van der Waals surface area (Å²) in [6.07, 6.45) is 21.6. The van der Waals surface area contributed by atoms with E-state index in [1.165, 1.54) is 51.4 Å². The van der Waals surface area contributed by atoms with Gasteiger partial charge in [0.25, 0.3) is 0 Å². The van der Waals surface area contributed by atoms with Gasteiger partial charge in [0.05, 0.1) is 0 Å². The molecule has 4 aliphatic rings. The van der Waals surface area contributed by atoms with Gasteiger partial charge in [-0.3, -0.25) is 0 Å². The van der Waals surface area contributed by atoms with Gasteiger partial charge in [-0.05, 0) is 0 Å². The maximum absolute atomic E-state index is 2.71. The van der Waals surface area contributed by atoms with Crippen molar-refractivity contribution in [3.05, 3.63) is 107 Å². The van der Waals surface area contributed by atoms with E-state index < -0.39 is 26.8 Å². The molecule has 2 unspecified atom stereocenters. The number of rotatable bonds is 5. The Balaban J connectivity index is 0.00000137. The van der Waals surface area contributed by atoms with Gasteiger partial charge in [-0.15, -0.1) is 0 Å². The number of allylic oxidation sites excluding steroid dienone is 8. The van der Waals surface area contributed by atoms with Crippen LogP contribution in [0.5, 0.6) is 0 Å². The van der Waals surface area contributed by atoms with Gasteiger partial charge < -0.3 is 24.8 Å². The quantitative estimate of drug-likeness (QED) is 0.453. The molecule has 0 nitrogen and oxygen atoms in total. The summed E-state index contributed by atoms with van der Waals surface area (Å²) in [5.74, 6) is -1.28. The van der Waals surface area contributed by atoms with Crippen molar-refractivity contribution in [1.82, 2.24) is 0 Å². The predicted octanol–water partition coefficient (Wildman–Crippen LogP) is 0.609. The van der Waals surface area contributed by atoms with Crippen molar-refractivity contribution in [3.8, 4) is 0 Å². The van der Waals surface area contributed by atoms with Crippen LogP contribution in [0.1, 0.15) is 51.4 Å². The Bertz CT molecular complexity index is 1020. The second kappa shape index (κ2) is 11.9. The Morgan fingerprint density at radius 2 is 0.971 bits per heavy atom. The predicted molar refractivity (Wildman–Crippen MR) is 136 cm³/mol. The molecule has 0 radical (unpaired) electrons. The summed E-state index contributed by atoms with van der Waals surface area (Å²) in [4.78, 5) is 0. The van der Waals surface area contributed by atoms with Gasteiger partial charge >= 0.3 is 203 Å². The zero-order chi connectivity index (χ0) is 21.3. The average molecular weight is 584 g/mol. The van der Waals surface area contributed by atoms with E-state index in [4.69, 9.17) is 0 Å². The SMILES string of the molecule is C1=C[CH]([Zr+2]([CH]2C=CC3=C2CCCC3)[SiH](c2ccccc2)c2ccccc2)C2=C1CCCC2.[Cl-].[Cl-]. The number of benzene rings is 2. The minimum absolute atomic E-state index is 0. The van der Waals surface area contributed by atoms with Crippen LogP contribution in [0.15, 0.2) is 107 Å². The molecule has 4 heteroatoms. The van der Waals surface area contributed by atoms with Crippen LogP contribution in [0, 0.1) is 0 Å². The fourth-order valence-electron chi connectivity index (χ4n) is 6.70. The van der Waals surface area contributed by atoms with Crippen LogP contribution in [0.3, 0.4) is 0 Å². The molecule has 0 heterocycles. The Morgan fingerprint density at radius 1 is 0.559 bits per heavy atom. The molecule has 0 N–H and O–H groups in total. The zero-order valence-electron chi connectivity index (χ0n) is 19.7. The van der Waals surface area contributed by atoms with Crippen LogP contribution in [-0.2, 0) is 20.9 Å². The minimum atomic E-state index is -2.05. The smallest absolute Gasteiger partial charge is 1.00 e. The van der Waals surface area contributed by atoms with Gasteiger partial charge in [0.2, 0.25) is 0 Å². The summed E-state index contributed by atoms with van der Waals surface area (Å²) in [5.41, 5.74) is 7.22. The normalized spacial score (nSPS) is 22.9. The maximum Gasteiger partial charge on any atom is -1.00 e. The summed E-state index contributed by atoms with van der Waals surface area (Å²) in [6, 6.07) is 23.5. The van der Waals surface area contributed by atoms with E-state index in [0.29, 0.717) is 0 Å². The van der Waals surface area contributed by atoms with Gasteiger partial charge in [0, 0.05) is 0 Å². The molecule has 175 valence electrons. The molecule has 0 aliphatic heterocycles. The third-order valence-corrected chi connectivity index (χ3v) is 31.2. The topological polar surface area (TPSA) is 0 Å². The summed E-state index contributed by atoms with van der Waals surface area (Å²) in [5, 5.41) is 3.40. The van der Waals surface area contributed by atoms with E-state index in [9.17, 15) is 0 Å². The molecule has 0 spiro atoms. The van der Waals surface area contributed by atoms with Crippen molar-refractivity contribution in [2.24, 2.45) is 0 Å². The Hall–Kier alpha value is -0.920. The van der Waals surface area contributed by atoms with Crippen molar-refractivity contribution in [2.75, 3.05) is 0 Å². The number of hydrogen-bond acceptors (Lipinski definition) is 0. The van der Waals surface area contributed by atoms with Gasteiger partial charge in [0.1, 0.15) is 0 Å². The van der Waals surface area contributed by atoms with Crippen molar-refractivity contribution in [3.63, 3.8) is 0 Å². The van der Waals surface area contributed by atoms with Crippen molar-refractivity contribution in [1.29, 1.82) is 0 Å². The molecular formula is C30H33Cl2SiZr. The first kappa shape index (κ1) is 26.2. The Kier molecular flexibility index (Phi) is 9.14. The van der Waals surface area contributed by atoms with Crippen LogP contribution in [-0.4, -0.2) is 5.92 Å². The van der Waals surface area contributed by atoms with Gasteiger partial charge in [-0.1, -0.05) is 0 Å². The van der Waals surface area contributed by atoms with E-state index >= 15 is 0 Å². The minimum Gasteiger partial charge on any atom is -1.00 e. The van der Waals surface area contributed by atoms with Gasteiger partial charge in [0.15, 0.2) is 0 Å². The van der Waals surface area contributed by atoms with Crippen molar-refractivity contribution >= 4 is 16.3 Å².